The minimum absolute atomic E-state index is 0.102. The van der Waals surface area contributed by atoms with E-state index in [0.29, 0.717) is 51.6 Å². The molecule has 0 aromatic rings. The average molecular weight is 923 g/mol. The van der Waals surface area contributed by atoms with E-state index in [1.165, 1.54) is 18.7 Å². The SMILES string of the molecule is CCC[C@H](NC(=O)[C@@H](NC(=O)[C@H](NC(=O)[C@@H](NC(=O)CNC(C)=O)C(C)C)[C@@H](C)CC)[C@@H](C)O)C(=O)N[C@@H](C(=O)N[C@@H](CCCN=C(N)N)C(=O)N1CCC[C@H]1C(=O)NCC)[C@@H](C)CC. The number of likely N-dealkylation sites (N-methyl/N-ethyl adjacent to an activating group) is 1. The number of rotatable bonds is 28. The van der Waals surface area contributed by atoms with Crippen LogP contribution in [0.2, 0.25) is 0 Å². The van der Waals surface area contributed by atoms with Crippen LogP contribution in [0, 0.1) is 17.8 Å². The van der Waals surface area contributed by atoms with Crippen LogP contribution in [0.4, 0.5) is 0 Å². The molecule has 0 unspecified atom stereocenters. The molecule has 1 saturated heterocycles. The number of aliphatic imine (C=N–C) groups is 1. The van der Waals surface area contributed by atoms with Gasteiger partial charge in [-0.25, -0.2) is 0 Å². The molecular formula is C43H78N12O10. The largest absolute Gasteiger partial charge is 0.391 e. The topological polar surface area (TPSA) is 338 Å². The van der Waals surface area contributed by atoms with E-state index in [-0.39, 0.29) is 37.8 Å². The van der Waals surface area contributed by atoms with Gasteiger partial charge in [-0.2, -0.15) is 0 Å². The summed E-state index contributed by atoms with van der Waals surface area (Å²) in [6.45, 7) is 17.0. The zero-order valence-corrected chi connectivity index (χ0v) is 40.0. The number of carbonyl (C=O) groups excluding carboxylic acids is 9. The van der Waals surface area contributed by atoms with Crippen molar-refractivity contribution < 1.29 is 48.3 Å². The van der Waals surface area contributed by atoms with Gasteiger partial charge in [0, 0.05) is 26.6 Å². The maximum Gasteiger partial charge on any atom is 0.245 e. The molecule has 0 aromatic carbocycles. The Morgan fingerprint density at radius 1 is 0.677 bits per heavy atom. The molecule has 0 spiro atoms. The Morgan fingerprint density at radius 2 is 1.20 bits per heavy atom. The maximum atomic E-state index is 14.1. The normalized spacial score (nSPS) is 17.6. The van der Waals surface area contributed by atoms with Gasteiger partial charge in [-0.1, -0.05) is 67.7 Å². The number of likely N-dealkylation sites (tertiary alicyclic amines) is 1. The molecule has 65 heavy (non-hydrogen) atoms. The van der Waals surface area contributed by atoms with Crippen molar-refractivity contribution in [3.8, 4) is 0 Å². The number of nitrogens with zero attached hydrogens (tertiary/aromatic N) is 2. The first-order chi connectivity index (χ1) is 30.5. The summed E-state index contributed by atoms with van der Waals surface area (Å²) in [6, 6.07) is -8.10. The van der Waals surface area contributed by atoms with Crippen molar-refractivity contribution in [2.75, 3.05) is 26.2 Å². The Morgan fingerprint density at radius 3 is 1.71 bits per heavy atom. The molecule has 22 heteroatoms. The summed E-state index contributed by atoms with van der Waals surface area (Å²) in [6.07, 6.45) is 1.36. The second kappa shape index (κ2) is 29.1. The van der Waals surface area contributed by atoms with Gasteiger partial charge < -0.3 is 64.0 Å². The van der Waals surface area contributed by atoms with Crippen molar-refractivity contribution in [3.63, 3.8) is 0 Å². The zero-order chi connectivity index (χ0) is 49.6. The predicted molar refractivity (Wildman–Crippen MR) is 244 cm³/mol. The van der Waals surface area contributed by atoms with Crippen LogP contribution in [0.25, 0.3) is 0 Å². The average Bonchev–Trinajstić information content (AvgIpc) is 3.75. The second-order valence-corrected chi connectivity index (χ2v) is 17.1. The highest BCUT2D eigenvalue weighted by atomic mass is 16.3. The first-order valence-electron chi connectivity index (χ1n) is 22.9. The highest BCUT2D eigenvalue weighted by Gasteiger charge is 2.40. The van der Waals surface area contributed by atoms with Crippen molar-refractivity contribution in [3.05, 3.63) is 0 Å². The Hall–Kier alpha value is -5.54. The molecule has 9 amide bonds. The summed E-state index contributed by atoms with van der Waals surface area (Å²) in [5, 5.41) is 31.8. The van der Waals surface area contributed by atoms with E-state index >= 15 is 0 Å². The molecular weight excluding hydrogens is 845 g/mol. The smallest absolute Gasteiger partial charge is 0.245 e. The molecule has 1 heterocycles. The van der Waals surface area contributed by atoms with Gasteiger partial charge in [-0.15, -0.1) is 0 Å². The lowest BCUT2D eigenvalue weighted by atomic mass is 9.95. The van der Waals surface area contributed by atoms with E-state index in [1.54, 1.807) is 48.5 Å². The zero-order valence-electron chi connectivity index (χ0n) is 40.0. The van der Waals surface area contributed by atoms with Crippen molar-refractivity contribution in [1.82, 2.24) is 47.4 Å². The third-order valence-corrected chi connectivity index (χ3v) is 11.4. The summed E-state index contributed by atoms with van der Waals surface area (Å²) in [4.78, 5) is 125. The van der Waals surface area contributed by atoms with Crippen LogP contribution in [0.1, 0.15) is 121 Å². The monoisotopic (exact) mass is 923 g/mol. The van der Waals surface area contributed by atoms with E-state index in [9.17, 15) is 48.3 Å². The lowest BCUT2D eigenvalue weighted by Crippen LogP contribution is -2.63. The molecule has 0 saturated carbocycles. The Balaban J connectivity index is 3.34. The van der Waals surface area contributed by atoms with Crippen LogP contribution >= 0.6 is 0 Å². The number of aliphatic hydroxyl groups is 1. The minimum atomic E-state index is -1.59. The quantitative estimate of drug-likeness (QED) is 0.0234. The van der Waals surface area contributed by atoms with Crippen LogP contribution in [0.3, 0.4) is 0 Å². The summed E-state index contributed by atoms with van der Waals surface area (Å²) >= 11 is 0. The van der Waals surface area contributed by atoms with E-state index in [2.05, 4.69) is 47.5 Å². The highest BCUT2D eigenvalue weighted by molar-refractivity contribution is 5.98. The molecule has 13 N–H and O–H groups in total. The highest BCUT2D eigenvalue weighted by Crippen LogP contribution is 2.21. The van der Waals surface area contributed by atoms with Crippen molar-refractivity contribution in [2.24, 2.45) is 34.2 Å². The van der Waals surface area contributed by atoms with Crippen molar-refractivity contribution >= 4 is 59.1 Å². The van der Waals surface area contributed by atoms with Crippen LogP contribution in [0.5, 0.6) is 0 Å². The predicted octanol–water partition coefficient (Wildman–Crippen LogP) is -1.86. The van der Waals surface area contributed by atoms with Gasteiger partial charge in [0.25, 0.3) is 0 Å². The minimum Gasteiger partial charge on any atom is -0.391 e. The fraction of sp³-hybridized carbons (Fsp3) is 0.767. The Labute approximate surface area is 383 Å². The van der Waals surface area contributed by atoms with Crippen LogP contribution in [0.15, 0.2) is 4.99 Å². The van der Waals surface area contributed by atoms with Crippen molar-refractivity contribution in [1.29, 1.82) is 0 Å². The Bertz CT molecular complexity index is 1660. The first-order valence-corrected chi connectivity index (χ1v) is 22.9. The third-order valence-electron chi connectivity index (χ3n) is 11.4. The number of nitrogens with one attached hydrogen (secondary N) is 8. The van der Waals surface area contributed by atoms with E-state index in [4.69, 9.17) is 11.5 Å². The molecule has 0 radical (unpaired) electrons. The summed E-state index contributed by atoms with van der Waals surface area (Å²) in [5.74, 6) is -7.10. The maximum absolute atomic E-state index is 14.1. The number of hydrogen-bond donors (Lipinski definition) is 11. The van der Waals surface area contributed by atoms with Crippen LogP contribution < -0.4 is 54.0 Å². The first kappa shape index (κ1) is 57.5. The van der Waals surface area contributed by atoms with E-state index in [0.717, 1.165) is 0 Å². The number of carbonyl (C=O) groups is 9. The number of guanidine groups is 1. The Kier molecular flexibility index (Phi) is 25.7. The molecule has 1 aliphatic heterocycles. The molecule has 1 fully saturated rings. The van der Waals surface area contributed by atoms with Crippen LogP contribution in [-0.4, -0.2) is 144 Å². The summed E-state index contributed by atoms with van der Waals surface area (Å²) < 4.78 is 0. The molecule has 370 valence electrons. The van der Waals surface area contributed by atoms with Gasteiger partial charge in [-0.3, -0.25) is 48.1 Å². The molecule has 22 nitrogen and oxygen atoms in total. The van der Waals surface area contributed by atoms with Gasteiger partial charge >= 0.3 is 0 Å². The third kappa shape index (κ3) is 19.2. The number of hydrogen-bond acceptors (Lipinski definition) is 11. The molecule has 1 aliphatic rings. The number of nitrogens with two attached hydrogens (primary N) is 2. The number of aliphatic hydroxyl groups excluding tert-OH is 1. The van der Waals surface area contributed by atoms with E-state index < -0.39 is 113 Å². The molecule has 1 rings (SSSR count). The molecule has 0 bridgehead atoms. The molecule has 0 aromatic heterocycles. The molecule has 10 atom stereocenters. The fourth-order valence-electron chi connectivity index (χ4n) is 7.15. The van der Waals surface area contributed by atoms with Gasteiger partial charge in [0.15, 0.2) is 5.96 Å². The van der Waals surface area contributed by atoms with E-state index in [1.807, 2.05) is 6.92 Å². The second-order valence-electron chi connectivity index (χ2n) is 17.1. The van der Waals surface area contributed by atoms with Gasteiger partial charge in [0.2, 0.25) is 53.2 Å². The number of amides is 9. The van der Waals surface area contributed by atoms with Crippen LogP contribution in [-0.2, 0) is 43.2 Å². The standard InChI is InChI=1S/C43H78N12O10/c1-11-17-28(49-41(64)35(26(9)56)54-40(63)34(25(8)13-3)53-38(61)32(23(5)6)51-31(58)22-48-27(10)57)36(59)52-33(24(7)12-2)39(62)50-29(18-15-20-47-43(44)45)42(65)55-21-16-19-30(55)37(60)46-14-4/h23-26,28-30,32-35,56H,11-22H2,1-10H3,(H,46,60)(H,48,57)(H,49,64)(H,50,62)(H,51,58)(H,52,59)(H,53,61)(H,54,63)(H4,44,45,47)/t24-,25-,26+,28-,29-,30-,32-,33+,34+,35-/m0/s1. The molecule has 0 aliphatic carbocycles. The lowest BCUT2D eigenvalue weighted by molar-refractivity contribution is -0.142. The van der Waals surface area contributed by atoms with Gasteiger partial charge in [0.1, 0.15) is 42.3 Å². The van der Waals surface area contributed by atoms with Gasteiger partial charge in [-0.05, 0) is 63.7 Å². The summed E-state index contributed by atoms with van der Waals surface area (Å²) in [5.41, 5.74) is 11.0. The van der Waals surface area contributed by atoms with Gasteiger partial charge in [0.05, 0.1) is 12.6 Å². The fourth-order valence-corrected chi connectivity index (χ4v) is 7.15. The lowest BCUT2D eigenvalue weighted by Gasteiger charge is -2.32. The van der Waals surface area contributed by atoms with Crippen molar-refractivity contribution in [2.45, 2.75) is 169 Å². The summed E-state index contributed by atoms with van der Waals surface area (Å²) in [7, 11) is 0.